The van der Waals surface area contributed by atoms with Crippen molar-refractivity contribution in [2.75, 3.05) is 19.7 Å². The van der Waals surface area contributed by atoms with Gasteiger partial charge in [-0.1, -0.05) is 37.2 Å². The number of allylic oxidation sites excluding steroid dienone is 1. The molecule has 2 aromatic rings. The highest BCUT2D eigenvalue weighted by Gasteiger charge is 2.20. The highest BCUT2D eigenvalue weighted by molar-refractivity contribution is 7.99. The van der Waals surface area contributed by atoms with Gasteiger partial charge in [-0.2, -0.15) is 0 Å². The van der Waals surface area contributed by atoms with Crippen LogP contribution in [0.2, 0.25) is 0 Å². The number of ether oxygens (including phenoxy) is 3. The second-order valence-corrected chi connectivity index (χ2v) is 6.96. The van der Waals surface area contributed by atoms with Crippen molar-refractivity contribution in [3.8, 4) is 17.2 Å². The minimum absolute atomic E-state index is 0.165. The van der Waals surface area contributed by atoms with Gasteiger partial charge >= 0.3 is 0 Å². The Labute approximate surface area is 162 Å². The highest BCUT2D eigenvalue weighted by atomic mass is 32.2. The largest absolute Gasteiger partial charge is 0.494 e. The van der Waals surface area contributed by atoms with Gasteiger partial charge < -0.3 is 14.2 Å². The Morgan fingerprint density at radius 2 is 2.15 bits per heavy atom. The molecule has 0 amide bonds. The van der Waals surface area contributed by atoms with Crippen LogP contribution in [0.25, 0.3) is 6.08 Å². The molecule has 4 nitrogen and oxygen atoms in total. The van der Waals surface area contributed by atoms with Crippen LogP contribution in [0, 0.1) is 5.82 Å². The molecule has 1 aliphatic rings. The molecule has 1 aliphatic heterocycles. The lowest BCUT2D eigenvalue weighted by Crippen LogP contribution is -2.04. The molecule has 0 fully saturated rings. The molecule has 2 aromatic carbocycles. The van der Waals surface area contributed by atoms with Crippen LogP contribution < -0.4 is 14.2 Å². The number of carbonyl (C=O) groups is 1. The molecule has 0 aromatic heterocycles. The molecule has 27 heavy (non-hydrogen) atoms. The fourth-order valence-electron chi connectivity index (χ4n) is 2.61. The van der Waals surface area contributed by atoms with Crippen LogP contribution in [-0.4, -0.2) is 25.4 Å². The summed E-state index contributed by atoms with van der Waals surface area (Å²) in [7, 11) is 1.41. The standard InChI is InChI=1S/C21H21FO4S/c1-3-4-9-25-19-12-21-20(26-13-27-21)11-15(19)17(23)7-5-14-6-8-18(24-2)16(22)10-14/h5-8,10-12H,3-4,9,13H2,1-2H3/b7-5+. The monoisotopic (exact) mass is 388 g/mol. The number of unbranched alkanes of at least 4 members (excludes halogenated alkanes) is 1. The molecule has 0 bridgehead atoms. The number of halogens is 1. The first-order chi connectivity index (χ1) is 13.1. The van der Waals surface area contributed by atoms with Crippen molar-refractivity contribution < 1.29 is 23.4 Å². The predicted octanol–water partition coefficient (Wildman–Crippen LogP) is 5.35. The van der Waals surface area contributed by atoms with Crippen LogP contribution in [0.4, 0.5) is 4.39 Å². The highest BCUT2D eigenvalue weighted by Crippen LogP contribution is 2.41. The molecular formula is C21H21FO4S. The molecule has 0 atom stereocenters. The third-order valence-corrected chi connectivity index (χ3v) is 4.96. The van der Waals surface area contributed by atoms with Crippen LogP contribution in [0.15, 0.2) is 41.3 Å². The van der Waals surface area contributed by atoms with Crippen molar-refractivity contribution >= 4 is 23.6 Å². The van der Waals surface area contributed by atoms with Gasteiger partial charge in [-0.3, -0.25) is 4.79 Å². The maximum absolute atomic E-state index is 13.8. The molecule has 3 rings (SSSR count). The van der Waals surface area contributed by atoms with E-state index in [1.165, 1.54) is 25.3 Å². The van der Waals surface area contributed by atoms with Gasteiger partial charge in [0.2, 0.25) is 0 Å². The Hall–Kier alpha value is -2.47. The van der Waals surface area contributed by atoms with E-state index in [0.29, 0.717) is 35.2 Å². The summed E-state index contributed by atoms with van der Waals surface area (Å²) in [5, 5.41) is 0. The average molecular weight is 388 g/mol. The van der Waals surface area contributed by atoms with Crippen molar-refractivity contribution in [1.29, 1.82) is 0 Å². The summed E-state index contributed by atoms with van der Waals surface area (Å²) in [6, 6.07) is 8.12. The molecular weight excluding hydrogens is 367 g/mol. The minimum atomic E-state index is -0.473. The van der Waals surface area contributed by atoms with Gasteiger partial charge in [0.25, 0.3) is 0 Å². The number of hydrogen-bond donors (Lipinski definition) is 0. The quantitative estimate of drug-likeness (QED) is 0.346. The predicted molar refractivity (Wildman–Crippen MR) is 105 cm³/mol. The number of methoxy groups -OCH3 is 1. The summed E-state index contributed by atoms with van der Waals surface area (Å²) < 4.78 is 30.1. The van der Waals surface area contributed by atoms with Crippen LogP contribution in [-0.2, 0) is 0 Å². The van der Waals surface area contributed by atoms with E-state index in [0.717, 1.165) is 17.7 Å². The Morgan fingerprint density at radius 3 is 2.89 bits per heavy atom. The maximum atomic E-state index is 13.8. The van der Waals surface area contributed by atoms with E-state index in [9.17, 15) is 9.18 Å². The summed E-state index contributed by atoms with van der Waals surface area (Å²) in [4.78, 5) is 13.7. The van der Waals surface area contributed by atoms with Gasteiger partial charge in [0.1, 0.15) is 17.4 Å². The van der Waals surface area contributed by atoms with Crippen molar-refractivity contribution in [3.05, 3.63) is 53.4 Å². The van der Waals surface area contributed by atoms with E-state index in [4.69, 9.17) is 14.2 Å². The van der Waals surface area contributed by atoms with E-state index in [-0.39, 0.29) is 11.5 Å². The Kier molecular flexibility index (Phi) is 6.40. The van der Waals surface area contributed by atoms with Gasteiger partial charge in [-0.05, 0) is 42.3 Å². The molecule has 142 valence electrons. The molecule has 0 unspecified atom stereocenters. The minimum Gasteiger partial charge on any atom is -0.494 e. The van der Waals surface area contributed by atoms with E-state index >= 15 is 0 Å². The second kappa shape index (κ2) is 8.95. The second-order valence-electron chi connectivity index (χ2n) is 6.00. The fourth-order valence-corrected chi connectivity index (χ4v) is 3.37. The number of benzene rings is 2. The Balaban J connectivity index is 1.83. The molecule has 0 spiro atoms. The van der Waals surface area contributed by atoms with E-state index in [1.807, 2.05) is 6.07 Å². The number of fused-ring (bicyclic) bond motifs is 1. The zero-order valence-electron chi connectivity index (χ0n) is 15.3. The Morgan fingerprint density at radius 1 is 1.30 bits per heavy atom. The maximum Gasteiger partial charge on any atom is 0.189 e. The normalized spacial score (nSPS) is 12.7. The topological polar surface area (TPSA) is 44.8 Å². The fraction of sp³-hybridized carbons (Fsp3) is 0.286. The smallest absolute Gasteiger partial charge is 0.189 e. The lowest BCUT2D eigenvalue weighted by Gasteiger charge is -2.11. The molecule has 0 N–H and O–H groups in total. The van der Waals surface area contributed by atoms with E-state index < -0.39 is 5.82 Å². The number of carbonyl (C=O) groups excluding carboxylic acids is 1. The van der Waals surface area contributed by atoms with Gasteiger partial charge in [-0.25, -0.2) is 4.39 Å². The Bertz CT molecular complexity index is 864. The van der Waals surface area contributed by atoms with Gasteiger partial charge in [0.05, 0.1) is 24.2 Å². The van der Waals surface area contributed by atoms with Crippen molar-refractivity contribution in [3.63, 3.8) is 0 Å². The van der Waals surface area contributed by atoms with E-state index in [1.54, 1.807) is 30.0 Å². The van der Waals surface area contributed by atoms with Crippen LogP contribution >= 0.6 is 11.8 Å². The summed E-state index contributed by atoms with van der Waals surface area (Å²) >= 11 is 1.57. The zero-order valence-corrected chi connectivity index (χ0v) is 16.1. The van der Waals surface area contributed by atoms with Crippen molar-refractivity contribution in [2.45, 2.75) is 24.7 Å². The SMILES string of the molecule is CCCCOc1cc2c(cc1C(=O)/C=C/c1ccc(OC)c(F)c1)OCS2. The first-order valence-corrected chi connectivity index (χ1v) is 9.73. The van der Waals surface area contributed by atoms with E-state index in [2.05, 4.69) is 6.92 Å². The van der Waals surface area contributed by atoms with Crippen molar-refractivity contribution in [2.24, 2.45) is 0 Å². The molecule has 0 radical (unpaired) electrons. The van der Waals surface area contributed by atoms with Crippen LogP contribution in [0.3, 0.4) is 0 Å². The third kappa shape index (κ3) is 4.63. The summed E-state index contributed by atoms with van der Waals surface area (Å²) in [5.41, 5.74) is 1.01. The van der Waals surface area contributed by atoms with Gasteiger partial charge in [0.15, 0.2) is 17.3 Å². The molecule has 0 saturated heterocycles. The lowest BCUT2D eigenvalue weighted by molar-refractivity contribution is 0.104. The number of ketones is 1. The average Bonchev–Trinajstić information content (AvgIpc) is 3.13. The first-order valence-electron chi connectivity index (χ1n) is 8.74. The summed E-state index contributed by atoms with van der Waals surface area (Å²) in [6.45, 7) is 2.63. The summed E-state index contributed by atoms with van der Waals surface area (Å²) in [5.74, 6) is 1.24. The zero-order chi connectivity index (χ0) is 19.2. The first kappa shape index (κ1) is 19.3. The van der Waals surface area contributed by atoms with Gasteiger partial charge in [-0.15, -0.1) is 0 Å². The molecule has 0 aliphatic carbocycles. The number of rotatable bonds is 8. The number of thioether (sulfide) groups is 1. The number of hydrogen-bond acceptors (Lipinski definition) is 5. The van der Waals surface area contributed by atoms with Crippen LogP contribution in [0.5, 0.6) is 17.2 Å². The molecule has 6 heteroatoms. The van der Waals surface area contributed by atoms with Gasteiger partial charge in [0, 0.05) is 0 Å². The summed E-state index contributed by atoms with van der Waals surface area (Å²) in [6.07, 6.45) is 4.91. The molecule has 0 saturated carbocycles. The molecule has 1 heterocycles. The third-order valence-electron chi connectivity index (χ3n) is 4.10. The lowest BCUT2D eigenvalue weighted by atomic mass is 10.1. The van der Waals surface area contributed by atoms with Crippen molar-refractivity contribution in [1.82, 2.24) is 0 Å². The van der Waals surface area contributed by atoms with Crippen LogP contribution in [0.1, 0.15) is 35.7 Å².